The Bertz CT molecular complexity index is 3180. The van der Waals surface area contributed by atoms with E-state index in [1.165, 1.54) is 13.8 Å². The van der Waals surface area contributed by atoms with Crippen molar-refractivity contribution in [2.45, 2.75) is 318 Å². The summed E-state index contributed by atoms with van der Waals surface area (Å²) >= 11 is 0. The summed E-state index contributed by atoms with van der Waals surface area (Å²) in [5, 5.41) is 133. The zero-order chi connectivity index (χ0) is 89.4. The second-order valence-corrected chi connectivity index (χ2v) is 35.1. The summed E-state index contributed by atoms with van der Waals surface area (Å²) < 4.78 is 33.9. The summed E-state index contributed by atoms with van der Waals surface area (Å²) in [6, 6.07) is -3.17. The minimum absolute atomic E-state index is 0. The molecule has 6 saturated heterocycles. The van der Waals surface area contributed by atoms with E-state index in [0.29, 0.717) is 245 Å². The van der Waals surface area contributed by atoms with Crippen molar-refractivity contribution in [3.63, 3.8) is 0 Å². The van der Waals surface area contributed by atoms with Crippen molar-refractivity contribution in [3.05, 3.63) is 0 Å². The average molecular weight is 1780 g/mol. The molecule has 19 N–H and O–H groups in total. The monoisotopic (exact) mass is 1780 g/mol. The molecule has 17 unspecified atom stereocenters. The Kier molecular flexibility index (Phi) is 49.7. The minimum atomic E-state index is -1.45. The van der Waals surface area contributed by atoms with E-state index in [0.717, 1.165) is 0 Å². The molecule has 706 valence electrons. The summed E-state index contributed by atoms with van der Waals surface area (Å²) in [5.74, 6) is -1.25. The molecule has 10 amide bonds. The fourth-order valence-electron chi connectivity index (χ4n) is 18.6. The normalized spacial score (nSPS) is 28.3. The van der Waals surface area contributed by atoms with Gasteiger partial charge in [0.15, 0.2) is 18.9 Å². The van der Waals surface area contributed by atoms with Gasteiger partial charge in [-0.1, -0.05) is 25.7 Å². The van der Waals surface area contributed by atoms with E-state index in [2.05, 4.69) is 37.2 Å². The molecular formula is C85H148N11NaO27. The van der Waals surface area contributed by atoms with Gasteiger partial charge < -0.3 is 142 Å². The largest absolute Gasteiger partial charge is 1.00 e. The molecule has 0 spiro atoms. The van der Waals surface area contributed by atoms with Gasteiger partial charge in [-0.15, -0.1) is 6.61 Å². The minimum Gasteiger partial charge on any atom is -0.854 e. The van der Waals surface area contributed by atoms with Crippen molar-refractivity contribution in [1.82, 2.24) is 51.9 Å². The zero-order valence-electron chi connectivity index (χ0n) is 73.6. The van der Waals surface area contributed by atoms with Crippen molar-refractivity contribution in [3.8, 4) is 0 Å². The van der Waals surface area contributed by atoms with Crippen LogP contribution in [0.25, 0.3) is 0 Å². The molecule has 7 aliphatic rings. The van der Waals surface area contributed by atoms with Crippen molar-refractivity contribution in [2.75, 3.05) is 125 Å². The number of piperidine rings is 2. The summed E-state index contributed by atoms with van der Waals surface area (Å²) in [6.45, 7) is 5.72. The van der Waals surface area contributed by atoms with Crippen LogP contribution in [0.3, 0.4) is 0 Å². The number of carbonyl (C=O) groups is 10. The van der Waals surface area contributed by atoms with Crippen LogP contribution in [0.2, 0.25) is 0 Å². The molecular weight excluding hydrogens is 1630 g/mol. The Balaban J connectivity index is 0.0000238. The number of aliphatic hydroxyl groups excluding tert-OH is 10. The molecule has 1 saturated carbocycles. The van der Waals surface area contributed by atoms with E-state index in [4.69, 9.17) is 34.2 Å². The number of aliphatic hydroxyl groups is 10. The van der Waals surface area contributed by atoms with Crippen LogP contribution in [0.4, 0.5) is 0 Å². The van der Waals surface area contributed by atoms with Gasteiger partial charge in [0.25, 0.3) is 0 Å². The quantitative estimate of drug-likeness (QED) is 0.0199. The number of hydrogen-bond acceptors (Lipinski definition) is 28. The Morgan fingerprint density at radius 1 is 0.419 bits per heavy atom. The van der Waals surface area contributed by atoms with E-state index >= 15 is 0 Å². The molecule has 39 heteroatoms. The third-order valence-electron chi connectivity index (χ3n) is 26.0. The molecule has 6 heterocycles. The van der Waals surface area contributed by atoms with Crippen LogP contribution in [0.1, 0.15) is 226 Å². The number of carbonyl (C=O) groups excluding carboxylic acids is 10. The topological polar surface area (TPSA) is 571 Å². The van der Waals surface area contributed by atoms with Crippen LogP contribution in [-0.2, 0) is 76.4 Å². The number of nitrogens with two attached hydrogens (primary N) is 1. The average Bonchev–Trinajstić information content (AvgIpc) is 1.04. The first-order valence-electron chi connectivity index (χ1n) is 45.5. The number of nitrogens with one attached hydrogen (secondary N) is 7. The number of unbranched alkanes of at least 4 members (excludes halogenated alkanes) is 11. The van der Waals surface area contributed by atoms with E-state index in [-0.39, 0.29) is 172 Å². The third-order valence-corrected chi connectivity index (χ3v) is 26.0. The van der Waals surface area contributed by atoms with Gasteiger partial charge in [-0.05, 0) is 169 Å². The molecule has 1 aliphatic carbocycles. The SMILES string of the molecule is CC(=O)NC1C(OCCCCC(=O)NCCCCCC(=O)NCC(CCC(=O)NCCCCCC(=O)N2C[C@@H]3CC(C[O-])(CO)C[C@@H]3C2)(C2CCN(C(=O)CCCCCNC(=O)CCCCOC3OC(CO)C(O)C(O)C3N)CC2)C2CCN(C(=O)CCCCCNC(=O)CCCCOC3OC(CO)C(O)C(O)C3NC(C)=O)CC2)OC(CO)C(O)C1O.[Na+]. The fraction of sp³-hybridized carbons (Fsp3) is 0.882. The number of amides is 10. The third kappa shape index (κ3) is 34.7. The van der Waals surface area contributed by atoms with Gasteiger partial charge in [0, 0.05) is 164 Å². The maximum atomic E-state index is 14.2. The van der Waals surface area contributed by atoms with Crippen molar-refractivity contribution in [2.24, 2.45) is 40.2 Å². The van der Waals surface area contributed by atoms with Gasteiger partial charge in [0.2, 0.25) is 59.1 Å². The van der Waals surface area contributed by atoms with Gasteiger partial charge in [-0.3, -0.25) is 47.9 Å². The van der Waals surface area contributed by atoms with Gasteiger partial charge in [-0.25, -0.2) is 0 Å². The molecule has 0 radical (unpaired) electrons. The molecule has 19 atom stereocenters. The number of nitrogens with zero attached hydrogens (tertiary/aromatic N) is 3. The molecule has 0 aromatic heterocycles. The van der Waals surface area contributed by atoms with Gasteiger partial charge in [0.1, 0.15) is 67.0 Å². The van der Waals surface area contributed by atoms with E-state index in [9.17, 15) is 104 Å². The second kappa shape index (κ2) is 57.2. The Morgan fingerprint density at radius 3 is 1.10 bits per heavy atom. The van der Waals surface area contributed by atoms with Gasteiger partial charge in [0.05, 0.1) is 25.9 Å². The fourth-order valence-corrected chi connectivity index (χ4v) is 18.6. The molecule has 0 aromatic carbocycles. The van der Waals surface area contributed by atoms with Crippen LogP contribution < -0.4 is 77.6 Å². The molecule has 0 bridgehead atoms. The number of rotatable bonds is 56. The first-order chi connectivity index (χ1) is 59.1. The predicted molar refractivity (Wildman–Crippen MR) is 442 cm³/mol. The van der Waals surface area contributed by atoms with E-state index < -0.39 is 134 Å². The maximum absolute atomic E-state index is 14.2. The molecule has 7 fully saturated rings. The predicted octanol–water partition coefficient (Wildman–Crippen LogP) is -5.52. The van der Waals surface area contributed by atoms with E-state index in [1.54, 1.807) is 0 Å². The molecule has 6 aliphatic heterocycles. The number of likely N-dealkylation sites (tertiary alicyclic amines) is 3. The smallest absolute Gasteiger partial charge is 0.854 e. The molecule has 124 heavy (non-hydrogen) atoms. The number of fused-ring (bicyclic) bond motifs is 1. The zero-order valence-corrected chi connectivity index (χ0v) is 75.6. The van der Waals surface area contributed by atoms with Crippen LogP contribution in [-0.4, -0.2) is 342 Å². The van der Waals surface area contributed by atoms with Gasteiger partial charge in [-0.2, -0.15) is 0 Å². The molecule has 38 nitrogen and oxygen atoms in total. The number of hydrogen-bond donors (Lipinski definition) is 18. The Hall–Kier alpha value is -5.02. The van der Waals surface area contributed by atoms with Crippen molar-refractivity contribution >= 4 is 59.1 Å². The van der Waals surface area contributed by atoms with E-state index in [1.807, 2.05) is 14.7 Å². The standard InChI is InChI=1S/C85H148N11O27.Na/c1-55(102)92-73-79(116)76(113)62(50-98)122-82(73)119-43-19-12-23-65(105)87-34-14-3-7-21-67(107)91-52-85(33-28-68(108)90-37-17-6-10-27-71(111)96-47-57-45-84(53-100,54-101)46-58(57)48-96,59-29-38-94(39-30-59)69(109)25-8-4-15-35-88-64(104)22-11-18-42-118-81-72(86)78(115)75(112)61(49-97)121-81)60-31-40-95(41-32-60)70(110)26-9-5-16-36-89-66(106)24-13-20-44-120-83-74(93-56(2)103)80(117)77(114)63(51-99)123-83;/h57-63,72-83,97-100,112-117H,3-54,86H2,1-2H3,(H,87,105)(H,88,104)(H,89,106)(H,90,108)(H,91,107)(H,92,102)(H,93,103);/q-1;+1/t57-,58+,61?,62?,63?,72?,73?,74?,75?,76?,77?,78?,79?,80?,81?,82?,83?,84?,85?;. The Labute approximate surface area is 751 Å². The first kappa shape index (κ1) is 108. The summed E-state index contributed by atoms with van der Waals surface area (Å²) in [6.07, 6.45) is 1.58. The van der Waals surface area contributed by atoms with Crippen LogP contribution >= 0.6 is 0 Å². The van der Waals surface area contributed by atoms with Crippen LogP contribution in [0.5, 0.6) is 0 Å². The summed E-state index contributed by atoms with van der Waals surface area (Å²) in [7, 11) is 0. The van der Waals surface area contributed by atoms with Crippen molar-refractivity contribution < 1.29 is 162 Å². The second-order valence-electron chi connectivity index (χ2n) is 35.1. The summed E-state index contributed by atoms with van der Waals surface area (Å²) in [4.78, 5) is 137. The first-order valence-corrected chi connectivity index (χ1v) is 45.5. The summed E-state index contributed by atoms with van der Waals surface area (Å²) in [5.41, 5.74) is 4.74. The van der Waals surface area contributed by atoms with Crippen molar-refractivity contribution in [1.29, 1.82) is 0 Å². The Morgan fingerprint density at radius 2 is 0.742 bits per heavy atom. The molecule has 7 rings (SSSR count). The maximum Gasteiger partial charge on any atom is 1.00 e. The van der Waals surface area contributed by atoms with Gasteiger partial charge >= 0.3 is 29.6 Å². The van der Waals surface area contributed by atoms with Crippen LogP contribution in [0.15, 0.2) is 0 Å². The number of ether oxygens (including phenoxy) is 6. The van der Waals surface area contributed by atoms with Crippen LogP contribution in [0, 0.1) is 34.5 Å². The molecule has 0 aromatic rings.